The van der Waals surface area contributed by atoms with Crippen molar-refractivity contribution < 1.29 is 9.21 Å². The minimum Gasteiger partial charge on any atom is -0.467 e. The molecule has 6 nitrogen and oxygen atoms in total. The number of thiophene rings is 1. The summed E-state index contributed by atoms with van der Waals surface area (Å²) in [5.74, 6) is 2.23. The van der Waals surface area contributed by atoms with Crippen molar-refractivity contribution in [2.75, 3.05) is 12.3 Å². The van der Waals surface area contributed by atoms with Crippen LogP contribution < -0.4 is 10.9 Å². The van der Waals surface area contributed by atoms with E-state index in [9.17, 15) is 9.59 Å². The van der Waals surface area contributed by atoms with Crippen LogP contribution >= 0.6 is 23.1 Å². The summed E-state index contributed by atoms with van der Waals surface area (Å²) in [7, 11) is 0. The van der Waals surface area contributed by atoms with Crippen molar-refractivity contribution in [1.29, 1.82) is 0 Å². The molecule has 1 saturated carbocycles. The number of fused-ring (bicyclic) bond motifs is 3. The molecule has 0 saturated heterocycles. The summed E-state index contributed by atoms with van der Waals surface area (Å²) in [4.78, 5) is 32.7. The number of aromatic nitrogens is 2. The molecule has 0 radical (unpaired) electrons. The third-order valence-electron chi connectivity index (χ3n) is 5.89. The lowest BCUT2D eigenvalue weighted by Crippen LogP contribution is -2.28. The highest BCUT2D eigenvalue weighted by Crippen LogP contribution is 2.36. The smallest absolute Gasteiger partial charge is 0.263 e. The number of nitrogens with one attached hydrogen (secondary N) is 1. The third kappa shape index (κ3) is 4.07. The molecule has 1 N–H and O–H groups in total. The van der Waals surface area contributed by atoms with Gasteiger partial charge < -0.3 is 9.73 Å². The van der Waals surface area contributed by atoms with Crippen molar-refractivity contribution in [2.24, 2.45) is 11.8 Å². The van der Waals surface area contributed by atoms with E-state index in [1.165, 1.54) is 35.0 Å². The monoisotopic (exact) mass is 443 g/mol. The second-order valence-corrected chi connectivity index (χ2v) is 10.5. The Morgan fingerprint density at radius 2 is 2.27 bits per heavy atom. The Kier molecular flexibility index (Phi) is 5.45. The van der Waals surface area contributed by atoms with Crippen molar-refractivity contribution in [3.8, 4) is 0 Å². The number of carbonyl (C=O) groups is 1. The summed E-state index contributed by atoms with van der Waals surface area (Å²) in [6.07, 6.45) is 7.07. The summed E-state index contributed by atoms with van der Waals surface area (Å²) >= 11 is 2.97. The van der Waals surface area contributed by atoms with Gasteiger partial charge in [-0.05, 0) is 61.6 Å². The molecule has 3 aromatic heterocycles. The van der Waals surface area contributed by atoms with Gasteiger partial charge in [0.1, 0.15) is 10.6 Å². The van der Waals surface area contributed by atoms with Gasteiger partial charge in [-0.25, -0.2) is 4.98 Å². The minimum absolute atomic E-state index is 0.00917. The molecule has 3 heterocycles. The zero-order valence-corrected chi connectivity index (χ0v) is 18.6. The van der Waals surface area contributed by atoms with E-state index in [1.54, 1.807) is 22.2 Å². The largest absolute Gasteiger partial charge is 0.467 e. The Morgan fingerprint density at radius 3 is 3.03 bits per heavy atom. The number of rotatable bonds is 7. The lowest BCUT2D eigenvalue weighted by Gasteiger charge is -2.17. The zero-order chi connectivity index (χ0) is 20.7. The van der Waals surface area contributed by atoms with Crippen LogP contribution in [0, 0.1) is 11.8 Å². The number of hydrogen-bond acceptors (Lipinski definition) is 6. The van der Waals surface area contributed by atoms with Gasteiger partial charge in [-0.15, -0.1) is 11.3 Å². The number of nitrogens with zero attached hydrogens (tertiary/aromatic N) is 2. The van der Waals surface area contributed by atoms with E-state index in [2.05, 4.69) is 12.2 Å². The molecule has 0 aromatic carbocycles. The summed E-state index contributed by atoms with van der Waals surface area (Å²) in [6.45, 7) is 3.33. The SMILES string of the molecule is CC1CCc2c(sc3nc(SCC(=O)NCC4CC4)n(Cc4ccco4)c(=O)c23)C1. The fourth-order valence-electron chi connectivity index (χ4n) is 3.97. The maximum absolute atomic E-state index is 13.5. The van der Waals surface area contributed by atoms with E-state index < -0.39 is 0 Å². The van der Waals surface area contributed by atoms with Crippen LogP contribution in [-0.4, -0.2) is 27.8 Å². The van der Waals surface area contributed by atoms with E-state index in [4.69, 9.17) is 9.40 Å². The molecule has 2 aliphatic rings. The van der Waals surface area contributed by atoms with Gasteiger partial charge in [0.25, 0.3) is 5.56 Å². The van der Waals surface area contributed by atoms with E-state index in [0.717, 1.165) is 36.0 Å². The first kappa shape index (κ1) is 19.9. The van der Waals surface area contributed by atoms with Crippen LogP contribution in [0.15, 0.2) is 32.8 Å². The molecule has 0 spiro atoms. The Bertz CT molecular complexity index is 1130. The first-order valence-corrected chi connectivity index (χ1v) is 12.4. The Balaban J connectivity index is 1.48. The zero-order valence-electron chi connectivity index (χ0n) is 17.0. The number of carbonyl (C=O) groups excluding carboxylic acids is 1. The van der Waals surface area contributed by atoms with Crippen LogP contribution in [0.1, 0.15) is 42.4 Å². The molecule has 0 aliphatic heterocycles. The van der Waals surface area contributed by atoms with Crippen molar-refractivity contribution in [3.63, 3.8) is 0 Å². The molecule has 2 aliphatic carbocycles. The summed E-state index contributed by atoms with van der Waals surface area (Å²) in [5, 5.41) is 4.33. The van der Waals surface area contributed by atoms with Gasteiger partial charge in [0.15, 0.2) is 5.16 Å². The molecule has 30 heavy (non-hydrogen) atoms. The summed E-state index contributed by atoms with van der Waals surface area (Å²) < 4.78 is 7.16. The molecule has 5 rings (SSSR count). The maximum Gasteiger partial charge on any atom is 0.263 e. The maximum atomic E-state index is 13.5. The normalized spacial score (nSPS) is 18.5. The van der Waals surface area contributed by atoms with Crippen molar-refractivity contribution in [1.82, 2.24) is 14.9 Å². The molecule has 0 bridgehead atoms. The molecule has 158 valence electrons. The first-order valence-electron chi connectivity index (χ1n) is 10.6. The summed E-state index contributed by atoms with van der Waals surface area (Å²) in [6, 6.07) is 3.68. The van der Waals surface area contributed by atoms with Crippen molar-refractivity contribution in [2.45, 2.75) is 50.7 Å². The molecule has 8 heteroatoms. The molecular weight excluding hydrogens is 418 g/mol. The highest BCUT2D eigenvalue weighted by molar-refractivity contribution is 7.99. The van der Waals surface area contributed by atoms with Gasteiger partial charge in [-0.3, -0.25) is 14.2 Å². The highest BCUT2D eigenvalue weighted by atomic mass is 32.2. The van der Waals surface area contributed by atoms with E-state index in [-0.39, 0.29) is 17.2 Å². The third-order valence-corrected chi connectivity index (χ3v) is 8.02. The van der Waals surface area contributed by atoms with Crippen LogP contribution in [0.3, 0.4) is 0 Å². The fraction of sp³-hybridized carbons (Fsp3) is 0.500. The predicted octanol–water partition coefficient (Wildman–Crippen LogP) is 3.84. The average Bonchev–Trinajstić information content (AvgIpc) is 3.28. The van der Waals surface area contributed by atoms with Gasteiger partial charge in [-0.1, -0.05) is 18.7 Å². The summed E-state index contributed by atoms with van der Waals surface area (Å²) in [5.41, 5.74) is 1.15. The van der Waals surface area contributed by atoms with Crippen LogP contribution in [0.25, 0.3) is 10.2 Å². The topological polar surface area (TPSA) is 77.1 Å². The van der Waals surface area contributed by atoms with Crippen molar-refractivity contribution in [3.05, 3.63) is 45.0 Å². The van der Waals surface area contributed by atoms with Crippen LogP contribution in [-0.2, 0) is 24.2 Å². The number of hydrogen-bond donors (Lipinski definition) is 1. The fourth-order valence-corrected chi connectivity index (χ4v) is 6.23. The molecule has 1 atom stereocenters. The van der Waals surface area contributed by atoms with E-state index in [1.807, 2.05) is 12.1 Å². The van der Waals surface area contributed by atoms with E-state index >= 15 is 0 Å². The standard InChI is InChI=1S/C22H25N3O3S2/c1-13-4-7-16-17(9-13)30-20-19(16)21(27)25(11-15-3-2-8-28-15)22(24-20)29-12-18(26)23-10-14-5-6-14/h2-3,8,13-14H,4-7,9-12H2,1H3,(H,23,26). The first-order chi connectivity index (χ1) is 14.6. The predicted molar refractivity (Wildman–Crippen MR) is 119 cm³/mol. The molecule has 3 aromatic rings. The lowest BCUT2D eigenvalue weighted by atomic mass is 9.89. The number of furan rings is 1. The second-order valence-electron chi connectivity index (χ2n) is 8.43. The minimum atomic E-state index is -0.0238. The lowest BCUT2D eigenvalue weighted by molar-refractivity contribution is -0.118. The van der Waals surface area contributed by atoms with Crippen molar-refractivity contribution >= 4 is 39.2 Å². The van der Waals surface area contributed by atoms with Crippen LogP contribution in [0.4, 0.5) is 0 Å². The Morgan fingerprint density at radius 1 is 1.40 bits per heavy atom. The molecule has 1 amide bonds. The second kappa shape index (κ2) is 8.23. The van der Waals surface area contributed by atoms with E-state index in [0.29, 0.717) is 29.3 Å². The number of aryl methyl sites for hydroxylation is 1. The van der Waals surface area contributed by atoms with Gasteiger partial charge in [-0.2, -0.15) is 0 Å². The molecule has 1 unspecified atom stereocenters. The quantitative estimate of drug-likeness (QED) is 0.443. The van der Waals surface area contributed by atoms with Gasteiger partial charge in [0, 0.05) is 11.4 Å². The number of thioether (sulfide) groups is 1. The molecule has 1 fully saturated rings. The van der Waals surface area contributed by atoms with Gasteiger partial charge in [0.2, 0.25) is 5.91 Å². The van der Waals surface area contributed by atoms with Crippen LogP contribution in [0.2, 0.25) is 0 Å². The van der Waals surface area contributed by atoms with Crippen LogP contribution in [0.5, 0.6) is 0 Å². The highest BCUT2D eigenvalue weighted by Gasteiger charge is 2.25. The number of amides is 1. The van der Waals surface area contributed by atoms with Gasteiger partial charge >= 0.3 is 0 Å². The molecular formula is C22H25N3O3S2. The Labute approximate surface area is 183 Å². The van der Waals surface area contributed by atoms with Gasteiger partial charge in [0.05, 0.1) is 23.9 Å². The average molecular weight is 444 g/mol. The Hall–Kier alpha value is -2.06.